The van der Waals surface area contributed by atoms with Crippen LogP contribution < -0.4 is 11.1 Å². The molecular formula is C19H21N3O. The Kier molecular flexibility index (Phi) is 3.63. The quantitative estimate of drug-likeness (QED) is 0.889. The summed E-state index contributed by atoms with van der Waals surface area (Å²) in [6.07, 6.45) is 0. The van der Waals surface area contributed by atoms with Crippen molar-refractivity contribution < 1.29 is 4.79 Å². The van der Waals surface area contributed by atoms with Crippen LogP contribution in [0.15, 0.2) is 48.5 Å². The highest BCUT2D eigenvalue weighted by Gasteiger charge is 2.39. The molecule has 4 nitrogen and oxygen atoms in total. The fraction of sp³-hybridized carbons (Fsp3) is 0.316. The number of benzene rings is 2. The van der Waals surface area contributed by atoms with Gasteiger partial charge >= 0.3 is 0 Å². The van der Waals surface area contributed by atoms with E-state index >= 15 is 0 Å². The predicted octanol–water partition coefficient (Wildman–Crippen LogP) is 1.76. The van der Waals surface area contributed by atoms with Gasteiger partial charge in [0.2, 0.25) is 5.91 Å². The van der Waals surface area contributed by atoms with E-state index in [-0.39, 0.29) is 11.9 Å². The molecule has 0 radical (unpaired) electrons. The number of carbonyl (C=O) groups is 1. The smallest absolute Gasteiger partial charge is 0.242 e. The summed E-state index contributed by atoms with van der Waals surface area (Å²) < 4.78 is 0. The number of amides is 1. The first-order chi connectivity index (χ1) is 11.3. The summed E-state index contributed by atoms with van der Waals surface area (Å²) in [5.74, 6) is 0.415. The lowest BCUT2D eigenvalue weighted by molar-refractivity contribution is -0.129. The van der Waals surface area contributed by atoms with Gasteiger partial charge in [-0.3, -0.25) is 9.69 Å². The lowest BCUT2D eigenvalue weighted by Gasteiger charge is -2.43. The van der Waals surface area contributed by atoms with E-state index in [1.165, 1.54) is 11.1 Å². The molecule has 4 heteroatoms. The maximum atomic E-state index is 12.5. The van der Waals surface area contributed by atoms with Crippen molar-refractivity contribution in [1.82, 2.24) is 10.2 Å². The Morgan fingerprint density at radius 2 is 1.96 bits per heavy atom. The highest BCUT2D eigenvalue weighted by atomic mass is 16.2. The normalized spacial score (nSPS) is 23.8. The van der Waals surface area contributed by atoms with Crippen LogP contribution in [0.25, 0.3) is 0 Å². The van der Waals surface area contributed by atoms with Crippen LogP contribution in [0.5, 0.6) is 0 Å². The van der Waals surface area contributed by atoms with E-state index in [2.05, 4.69) is 52.7 Å². The fourth-order valence-corrected chi connectivity index (χ4v) is 3.86. The van der Waals surface area contributed by atoms with E-state index in [9.17, 15) is 4.79 Å². The lowest BCUT2D eigenvalue weighted by atomic mass is 9.80. The fourth-order valence-electron chi connectivity index (χ4n) is 3.86. The number of nitrogens with one attached hydrogen (secondary N) is 1. The van der Waals surface area contributed by atoms with Gasteiger partial charge in [-0.25, -0.2) is 0 Å². The molecule has 2 aromatic carbocycles. The van der Waals surface area contributed by atoms with Crippen LogP contribution in [0.1, 0.15) is 34.2 Å². The van der Waals surface area contributed by atoms with E-state index in [1.807, 2.05) is 6.07 Å². The molecule has 1 saturated heterocycles. The molecule has 2 aliphatic rings. The highest BCUT2D eigenvalue weighted by Crippen LogP contribution is 2.40. The molecule has 2 heterocycles. The largest absolute Gasteiger partial charge is 0.353 e. The number of carbonyl (C=O) groups excluding carboxylic acids is 1. The number of hydrogen-bond donors (Lipinski definition) is 2. The first-order valence-corrected chi connectivity index (χ1v) is 8.17. The Balaban J connectivity index is 1.85. The van der Waals surface area contributed by atoms with Crippen LogP contribution in [-0.2, 0) is 11.3 Å². The van der Waals surface area contributed by atoms with Crippen LogP contribution in [0.4, 0.5) is 0 Å². The van der Waals surface area contributed by atoms with Gasteiger partial charge in [-0.15, -0.1) is 0 Å². The molecule has 2 atom stereocenters. The molecular weight excluding hydrogens is 286 g/mol. The van der Waals surface area contributed by atoms with Crippen LogP contribution >= 0.6 is 0 Å². The molecule has 0 bridgehead atoms. The third-order valence-electron chi connectivity index (χ3n) is 4.99. The molecule has 0 spiro atoms. The summed E-state index contributed by atoms with van der Waals surface area (Å²) in [4.78, 5) is 14.8. The number of nitrogens with zero attached hydrogens (tertiary/aromatic N) is 1. The number of piperazine rings is 1. The minimum atomic E-state index is -0.176. The highest BCUT2D eigenvalue weighted by molar-refractivity contribution is 5.85. The molecule has 118 valence electrons. The van der Waals surface area contributed by atoms with Gasteiger partial charge in [0.15, 0.2) is 0 Å². The summed E-state index contributed by atoms with van der Waals surface area (Å²) in [5, 5.41) is 3.00. The van der Waals surface area contributed by atoms with Gasteiger partial charge in [0.05, 0.1) is 0 Å². The van der Waals surface area contributed by atoms with Gasteiger partial charge in [0, 0.05) is 32.1 Å². The van der Waals surface area contributed by atoms with Crippen LogP contribution in [0.2, 0.25) is 0 Å². The van der Waals surface area contributed by atoms with Crippen LogP contribution in [-0.4, -0.2) is 30.4 Å². The first kappa shape index (κ1) is 14.4. The SMILES string of the molecule is NCc1ccc2c(c1)[C@H]1C(=O)NCCN1C[C@@H]2c1ccccc1. The number of hydrogen-bond acceptors (Lipinski definition) is 3. The molecule has 23 heavy (non-hydrogen) atoms. The van der Waals surface area contributed by atoms with E-state index < -0.39 is 0 Å². The Morgan fingerprint density at radius 1 is 1.13 bits per heavy atom. The Labute approximate surface area is 136 Å². The van der Waals surface area contributed by atoms with Crippen molar-refractivity contribution >= 4 is 5.91 Å². The van der Waals surface area contributed by atoms with Crippen molar-refractivity contribution in [3.8, 4) is 0 Å². The van der Waals surface area contributed by atoms with E-state index in [0.29, 0.717) is 12.5 Å². The van der Waals surface area contributed by atoms with Gasteiger partial charge in [0.25, 0.3) is 0 Å². The van der Waals surface area contributed by atoms with E-state index in [4.69, 9.17) is 5.73 Å². The van der Waals surface area contributed by atoms with Crippen molar-refractivity contribution in [2.24, 2.45) is 5.73 Å². The minimum Gasteiger partial charge on any atom is -0.353 e. The predicted molar refractivity (Wildman–Crippen MR) is 89.9 cm³/mol. The third kappa shape index (κ3) is 2.44. The van der Waals surface area contributed by atoms with Crippen molar-refractivity contribution in [3.63, 3.8) is 0 Å². The van der Waals surface area contributed by atoms with Crippen molar-refractivity contribution in [2.45, 2.75) is 18.5 Å². The second-order valence-electron chi connectivity index (χ2n) is 6.32. The van der Waals surface area contributed by atoms with Crippen LogP contribution in [0, 0.1) is 0 Å². The monoisotopic (exact) mass is 307 g/mol. The van der Waals surface area contributed by atoms with Crippen LogP contribution in [0.3, 0.4) is 0 Å². The van der Waals surface area contributed by atoms with Gasteiger partial charge in [0.1, 0.15) is 6.04 Å². The zero-order valence-corrected chi connectivity index (χ0v) is 13.0. The minimum absolute atomic E-state index is 0.109. The molecule has 4 rings (SSSR count). The topological polar surface area (TPSA) is 58.4 Å². The lowest BCUT2D eigenvalue weighted by Crippen LogP contribution is -2.53. The van der Waals surface area contributed by atoms with Gasteiger partial charge < -0.3 is 11.1 Å². The van der Waals surface area contributed by atoms with Gasteiger partial charge in [-0.2, -0.15) is 0 Å². The van der Waals surface area contributed by atoms with Crippen molar-refractivity contribution in [1.29, 1.82) is 0 Å². The molecule has 1 amide bonds. The number of nitrogens with two attached hydrogens (primary N) is 1. The number of rotatable bonds is 2. The molecule has 3 N–H and O–H groups in total. The maximum absolute atomic E-state index is 12.5. The summed E-state index contributed by atoms with van der Waals surface area (Å²) in [7, 11) is 0. The average Bonchev–Trinajstić information content (AvgIpc) is 2.61. The first-order valence-electron chi connectivity index (χ1n) is 8.17. The molecule has 0 unspecified atom stereocenters. The summed E-state index contributed by atoms with van der Waals surface area (Å²) >= 11 is 0. The van der Waals surface area contributed by atoms with Crippen molar-refractivity contribution in [2.75, 3.05) is 19.6 Å². The maximum Gasteiger partial charge on any atom is 0.242 e. The zero-order valence-electron chi connectivity index (χ0n) is 13.0. The second kappa shape index (κ2) is 5.80. The molecule has 1 fully saturated rings. The molecule has 2 aliphatic heterocycles. The number of fused-ring (bicyclic) bond motifs is 3. The molecule has 2 aromatic rings. The summed E-state index contributed by atoms with van der Waals surface area (Å²) in [5.41, 5.74) is 10.6. The third-order valence-corrected chi connectivity index (χ3v) is 4.99. The standard InChI is InChI=1S/C19H21N3O/c20-11-13-6-7-15-16(10-13)18-19(23)21-8-9-22(18)12-17(15)14-4-2-1-3-5-14/h1-7,10,17-18H,8-9,11-12,20H2,(H,21,23)/t17-,18+/m1/s1. The second-order valence-corrected chi connectivity index (χ2v) is 6.32. The summed E-state index contributed by atoms with van der Waals surface area (Å²) in [6.45, 7) is 3.00. The van der Waals surface area contributed by atoms with Crippen molar-refractivity contribution in [3.05, 3.63) is 70.8 Å². The molecule has 0 saturated carbocycles. The Morgan fingerprint density at radius 3 is 2.74 bits per heavy atom. The van der Waals surface area contributed by atoms with E-state index in [0.717, 1.165) is 30.8 Å². The van der Waals surface area contributed by atoms with Gasteiger partial charge in [-0.05, 0) is 22.3 Å². The molecule has 0 aromatic heterocycles. The average molecular weight is 307 g/mol. The summed E-state index contributed by atoms with van der Waals surface area (Å²) in [6, 6.07) is 16.8. The zero-order chi connectivity index (χ0) is 15.8. The van der Waals surface area contributed by atoms with E-state index in [1.54, 1.807) is 0 Å². The Bertz CT molecular complexity index is 729. The van der Waals surface area contributed by atoms with Gasteiger partial charge in [-0.1, -0.05) is 48.5 Å². The molecule has 0 aliphatic carbocycles. The Hall–Kier alpha value is -2.17.